The third kappa shape index (κ3) is 11.1. The number of ketones is 3. The molecule has 25 heteroatoms. The fraction of sp³-hybridized carbons (Fsp3) is 0.721. The number of ether oxygens (including phenoxy) is 8. The average molecular weight is 1550 g/mol. The molecule has 6 heterocycles. The van der Waals surface area contributed by atoms with Crippen LogP contribution in [0.3, 0.4) is 0 Å². The Bertz CT molecular complexity index is 4290. The lowest BCUT2D eigenvalue weighted by molar-refractivity contribution is -0.372. The number of esters is 4. The standard InChI is InChI=1S/C30H42O11.C29H38O7.C27H32O7/c1-14-11-29(37)17-6-10-30(41-26-24(35)23(34)22(33)19(12-31)40-26)25-18(39-25)7-9-28(30,36)16(17)5-8-27(29,2)21(14)15-3-4-20(32)38-13-15;1-14-15(2)28(7)18(17-11-23(32)35-25(17)33)12-21-29(28,36-21)16(3)24(14)27(6)10-9-20(30)26(4,5)19(27)13-22(31)34-8;1-13(28)33-21-12-18-25(2,3)20(30)8-9-26(18,4)19-11-17(29)23-14(6-7-16(23)27(19,21)5)15-10-22(31)34-24(15)32/h3-4,13-14,16-19,21-26,31,33-37H,5-12H2,1-2H3;9-11,14-15,18-19,21,24-25,33H,3,12-13H2,1-2,4-8H3;8-10,14,18-19,21,24,32H,6-7,11-12H2,1-5H3/t;14-,15+,18+,19+,21-,24?,25?,27+,28+,29?;/m.1./s1. The summed E-state index contributed by atoms with van der Waals surface area (Å²) in [6.45, 7) is 30.4. The van der Waals surface area contributed by atoms with Gasteiger partial charge in [0.05, 0.1) is 49.8 Å². The second kappa shape index (κ2) is 26.7. The first-order valence-corrected chi connectivity index (χ1v) is 40.1. The van der Waals surface area contributed by atoms with Crippen molar-refractivity contribution in [3.8, 4) is 0 Å². The van der Waals surface area contributed by atoms with Crippen LogP contribution in [-0.2, 0) is 71.5 Å². The van der Waals surface area contributed by atoms with Gasteiger partial charge in [-0.25, -0.2) is 14.4 Å². The number of rotatable bonds is 10. The molecule has 25 unspecified atom stereocenters. The van der Waals surface area contributed by atoms with Gasteiger partial charge >= 0.3 is 29.5 Å². The van der Waals surface area contributed by atoms with Crippen LogP contribution in [0, 0.1) is 103 Å². The Morgan fingerprint density at radius 2 is 1.35 bits per heavy atom. The van der Waals surface area contributed by atoms with Crippen LogP contribution in [0.2, 0.25) is 0 Å². The molecule has 10 fully saturated rings. The van der Waals surface area contributed by atoms with Gasteiger partial charge in [-0.15, -0.1) is 0 Å². The fourth-order valence-corrected chi connectivity index (χ4v) is 27.3. The summed E-state index contributed by atoms with van der Waals surface area (Å²) in [5.74, 6) is -3.02. The summed E-state index contributed by atoms with van der Waals surface area (Å²) in [5, 5.41) is 87.4. The van der Waals surface area contributed by atoms with Crippen LogP contribution in [0.1, 0.15) is 185 Å². The molecule has 5 aliphatic heterocycles. The summed E-state index contributed by atoms with van der Waals surface area (Å²) in [6, 6.07) is 3.23. The van der Waals surface area contributed by atoms with Crippen LogP contribution in [0.4, 0.5) is 0 Å². The van der Waals surface area contributed by atoms with Gasteiger partial charge in [-0.3, -0.25) is 24.0 Å². The smallest absolute Gasteiger partial charge is 0.335 e. The highest BCUT2D eigenvalue weighted by molar-refractivity contribution is 6.01. The van der Waals surface area contributed by atoms with Gasteiger partial charge < -0.3 is 83.2 Å². The topological polar surface area (TPSA) is 392 Å². The Hall–Kier alpha value is -6.20. The van der Waals surface area contributed by atoms with Gasteiger partial charge in [0.25, 0.3) is 0 Å². The maximum absolute atomic E-state index is 13.7. The SMILES string of the molecule is C=C1C([C@@]2(C)C=CC(=O)C(C)(C)[C@@H]2CC(=O)OC)[C@H](C)[C@H](C)[C@@]2(C)[C@H](C3=CC(=O)OC3O)C[C@H]3OC132.CC(=O)OC1CC2C(C)(C)C(=O)C=CC2(C)C2CC(=O)C3=C(CCC3C3=CC(=O)OC3O)C12C.CC1CC2(O)C3CCC4(OC5OC(CO)C(O)C(O)C5O)C5OC5CCC4(O)C3CCC2(C)C1c1ccc(=O)oc1. The molecule has 0 aromatic carbocycles. The predicted molar refractivity (Wildman–Crippen MR) is 392 cm³/mol. The lowest BCUT2D eigenvalue weighted by atomic mass is 9.41. The first kappa shape index (κ1) is 80.0. The van der Waals surface area contributed by atoms with E-state index in [-0.39, 0.29) is 125 Å². The monoisotopic (exact) mass is 1540 g/mol. The van der Waals surface area contributed by atoms with Crippen molar-refractivity contribution in [2.24, 2.45) is 103 Å². The van der Waals surface area contributed by atoms with Gasteiger partial charge in [-0.2, -0.15) is 0 Å². The summed E-state index contributed by atoms with van der Waals surface area (Å²) in [4.78, 5) is 99.7. The van der Waals surface area contributed by atoms with E-state index in [9.17, 15) is 79.2 Å². The minimum absolute atomic E-state index is 0.000944. The van der Waals surface area contributed by atoms with Gasteiger partial charge in [0.2, 0.25) is 12.6 Å². The van der Waals surface area contributed by atoms with E-state index >= 15 is 0 Å². The Morgan fingerprint density at radius 3 is 1.97 bits per heavy atom. The van der Waals surface area contributed by atoms with Gasteiger partial charge in [0.1, 0.15) is 47.8 Å². The molecule has 606 valence electrons. The number of hydrogen-bond acceptors (Lipinski definition) is 25. The van der Waals surface area contributed by atoms with Crippen LogP contribution >= 0.6 is 0 Å². The number of cyclic esters (lactones) is 2. The molecule has 32 atom stereocenters. The molecular weight excluding hydrogens is 1430 g/mol. The number of carbonyl (C=O) groups is 7. The maximum atomic E-state index is 13.7. The molecule has 11 aliphatic carbocycles. The van der Waals surface area contributed by atoms with Gasteiger partial charge in [-0.05, 0) is 176 Å². The molecule has 17 rings (SSSR count). The lowest BCUT2D eigenvalue weighted by Gasteiger charge is -2.65. The number of Topliss-reactive ketones (excluding diaryl/α,β-unsaturated/α-hetero) is 1. The van der Waals surface area contributed by atoms with Crippen molar-refractivity contribution in [3.63, 3.8) is 0 Å². The summed E-state index contributed by atoms with van der Waals surface area (Å²) in [5.41, 5.74) is -4.08. The first-order chi connectivity index (χ1) is 51.9. The predicted octanol–water partition coefficient (Wildman–Crippen LogP) is 7.14. The van der Waals surface area contributed by atoms with Crippen molar-refractivity contribution >= 4 is 41.2 Å². The Morgan fingerprint density at radius 1 is 0.712 bits per heavy atom. The highest BCUT2D eigenvalue weighted by atomic mass is 16.7. The van der Waals surface area contributed by atoms with E-state index in [0.29, 0.717) is 87.3 Å². The van der Waals surface area contributed by atoms with E-state index in [1.807, 2.05) is 39.8 Å². The van der Waals surface area contributed by atoms with Crippen LogP contribution in [0.15, 0.2) is 98.5 Å². The second-order valence-electron chi connectivity index (χ2n) is 38.1. The van der Waals surface area contributed by atoms with E-state index in [0.717, 1.165) is 16.7 Å². The molecule has 0 amide bonds. The Kier molecular flexibility index (Phi) is 19.2. The minimum atomic E-state index is -1.60. The molecular formula is C86H112O25. The number of fused-ring (bicyclic) bond motifs is 11. The summed E-state index contributed by atoms with van der Waals surface area (Å²) in [6.07, 6.45) is 7.26. The summed E-state index contributed by atoms with van der Waals surface area (Å²) >= 11 is 0. The molecule has 0 radical (unpaired) electrons. The van der Waals surface area contributed by atoms with Crippen molar-refractivity contribution in [3.05, 3.63) is 105 Å². The molecule has 1 aromatic heterocycles. The molecule has 8 N–H and O–H groups in total. The first-order valence-electron chi connectivity index (χ1n) is 40.1. The number of methoxy groups -OCH3 is 1. The molecule has 16 aliphatic rings. The third-order valence-corrected chi connectivity index (χ3v) is 33.0. The number of epoxide rings is 2. The highest BCUT2D eigenvalue weighted by Crippen LogP contribution is 2.79. The van der Waals surface area contributed by atoms with Crippen molar-refractivity contribution in [1.29, 1.82) is 0 Å². The van der Waals surface area contributed by atoms with Crippen molar-refractivity contribution in [2.45, 2.75) is 270 Å². The van der Waals surface area contributed by atoms with Crippen molar-refractivity contribution in [1.82, 2.24) is 0 Å². The minimum Gasteiger partial charge on any atom is -0.469 e. The zero-order valence-corrected chi connectivity index (χ0v) is 66.1. The molecule has 7 saturated carbocycles. The van der Waals surface area contributed by atoms with E-state index in [1.54, 1.807) is 18.2 Å². The average Bonchev–Trinajstić information content (AvgIpc) is 1.36. The molecule has 0 bridgehead atoms. The number of allylic oxidation sites excluding steroid dienone is 5. The summed E-state index contributed by atoms with van der Waals surface area (Å²) < 4.78 is 51.0. The Balaban J connectivity index is 0.000000133. The number of carbonyl (C=O) groups excluding carboxylic acids is 7. The molecule has 3 saturated heterocycles. The van der Waals surface area contributed by atoms with E-state index in [4.69, 9.17) is 42.3 Å². The highest BCUT2D eigenvalue weighted by Gasteiger charge is 2.83. The third-order valence-electron chi connectivity index (χ3n) is 33.0. The van der Waals surface area contributed by atoms with Crippen molar-refractivity contribution < 1.29 is 117 Å². The van der Waals surface area contributed by atoms with E-state index < -0.39 is 140 Å². The Labute approximate surface area is 646 Å². The zero-order chi connectivity index (χ0) is 80.5. The number of aliphatic hydroxyl groups is 8. The van der Waals surface area contributed by atoms with Gasteiger partial charge in [0, 0.05) is 81.3 Å². The number of hydrogen-bond donors (Lipinski definition) is 8. The zero-order valence-electron chi connectivity index (χ0n) is 66.1. The lowest BCUT2D eigenvalue weighted by Crippen LogP contribution is -2.75. The quantitative estimate of drug-likeness (QED) is 0.0379. The number of aliphatic hydroxyl groups excluding tert-OH is 6. The van der Waals surface area contributed by atoms with Gasteiger partial charge in [0.15, 0.2) is 23.6 Å². The normalized spacial score (nSPS) is 49.5. The maximum Gasteiger partial charge on any atom is 0.335 e. The van der Waals surface area contributed by atoms with Crippen LogP contribution in [0.25, 0.3) is 0 Å². The van der Waals surface area contributed by atoms with Crippen LogP contribution in [-0.4, -0.2) is 186 Å². The molecule has 1 spiro atoms. The van der Waals surface area contributed by atoms with E-state index in [2.05, 4.69) is 62.0 Å². The molecule has 25 nitrogen and oxygen atoms in total. The fourth-order valence-electron chi connectivity index (χ4n) is 27.3. The molecule has 1 aromatic rings. The van der Waals surface area contributed by atoms with Crippen molar-refractivity contribution in [2.75, 3.05) is 13.7 Å². The van der Waals surface area contributed by atoms with E-state index in [1.165, 1.54) is 38.5 Å². The largest absolute Gasteiger partial charge is 0.469 e. The second-order valence-corrected chi connectivity index (χ2v) is 38.1. The van der Waals surface area contributed by atoms with Crippen LogP contribution in [0.5, 0.6) is 0 Å². The van der Waals surface area contributed by atoms with Crippen LogP contribution < -0.4 is 5.63 Å². The summed E-state index contributed by atoms with van der Waals surface area (Å²) in [7, 11) is 1.38. The molecule has 111 heavy (non-hydrogen) atoms. The van der Waals surface area contributed by atoms with Gasteiger partial charge in [-0.1, -0.05) is 107 Å².